The Balaban J connectivity index is 2.63. The van der Waals surface area contributed by atoms with Gasteiger partial charge in [-0.15, -0.1) is 0 Å². The van der Waals surface area contributed by atoms with Crippen molar-refractivity contribution in [2.24, 2.45) is 0 Å². The standard InChI is InChI=1S/C12H16Cl2N2O/c1-3-6-15-12(17)16-8(2)10-5-4-9(13)7-11(10)14/h4-5,7-8H,3,6H2,1-2H3,(H2,15,16,17)/t8-/m0/s1. The van der Waals surface area contributed by atoms with Gasteiger partial charge in [0.2, 0.25) is 0 Å². The molecule has 3 nitrogen and oxygen atoms in total. The monoisotopic (exact) mass is 274 g/mol. The number of rotatable bonds is 4. The minimum Gasteiger partial charge on any atom is -0.338 e. The molecule has 0 aliphatic heterocycles. The van der Waals surface area contributed by atoms with E-state index in [2.05, 4.69) is 10.6 Å². The van der Waals surface area contributed by atoms with Crippen LogP contribution >= 0.6 is 23.2 Å². The Labute approximate surface area is 111 Å². The highest BCUT2D eigenvalue weighted by molar-refractivity contribution is 6.35. The van der Waals surface area contributed by atoms with Gasteiger partial charge < -0.3 is 10.6 Å². The zero-order valence-electron chi connectivity index (χ0n) is 9.89. The average molecular weight is 275 g/mol. The Hall–Kier alpha value is -0.930. The van der Waals surface area contributed by atoms with Crippen LogP contribution in [0.25, 0.3) is 0 Å². The van der Waals surface area contributed by atoms with Crippen molar-refractivity contribution in [3.63, 3.8) is 0 Å². The zero-order chi connectivity index (χ0) is 12.8. The van der Waals surface area contributed by atoms with E-state index in [0.29, 0.717) is 16.6 Å². The summed E-state index contributed by atoms with van der Waals surface area (Å²) in [6, 6.07) is 4.89. The molecule has 2 amide bonds. The van der Waals surface area contributed by atoms with Crippen molar-refractivity contribution in [1.29, 1.82) is 0 Å². The van der Waals surface area contributed by atoms with E-state index in [4.69, 9.17) is 23.2 Å². The zero-order valence-corrected chi connectivity index (χ0v) is 11.4. The van der Waals surface area contributed by atoms with Gasteiger partial charge >= 0.3 is 6.03 Å². The Morgan fingerprint density at radius 1 is 1.41 bits per heavy atom. The maximum absolute atomic E-state index is 11.5. The summed E-state index contributed by atoms with van der Waals surface area (Å²) in [6.45, 7) is 4.54. The molecule has 0 aromatic heterocycles. The number of hydrogen-bond acceptors (Lipinski definition) is 1. The first-order valence-electron chi connectivity index (χ1n) is 5.54. The molecule has 1 rings (SSSR count). The van der Waals surface area contributed by atoms with Crippen LogP contribution in [0.1, 0.15) is 31.9 Å². The number of urea groups is 1. The highest BCUT2D eigenvalue weighted by Gasteiger charge is 2.12. The predicted molar refractivity (Wildman–Crippen MR) is 71.7 cm³/mol. The lowest BCUT2D eigenvalue weighted by Crippen LogP contribution is -2.37. The van der Waals surface area contributed by atoms with Gasteiger partial charge in [-0.1, -0.05) is 36.2 Å². The minimum absolute atomic E-state index is 0.156. The van der Waals surface area contributed by atoms with Crippen LogP contribution in [0.3, 0.4) is 0 Å². The molecule has 1 aromatic carbocycles. The molecule has 0 unspecified atom stereocenters. The van der Waals surface area contributed by atoms with Gasteiger partial charge in [-0.3, -0.25) is 0 Å². The first kappa shape index (κ1) is 14.1. The van der Waals surface area contributed by atoms with Gasteiger partial charge in [-0.25, -0.2) is 4.79 Å². The van der Waals surface area contributed by atoms with Gasteiger partial charge in [-0.2, -0.15) is 0 Å². The third kappa shape index (κ3) is 4.44. The quantitative estimate of drug-likeness (QED) is 0.863. The molecule has 0 bridgehead atoms. The topological polar surface area (TPSA) is 41.1 Å². The Morgan fingerprint density at radius 2 is 2.12 bits per heavy atom. The molecule has 0 spiro atoms. The fraction of sp³-hybridized carbons (Fsp3) is 0.417. The smallest absolute Gasteiger partial charge is 0.315 e. The second-order valence-electron chi connectivity index (χ2n) is 3.79. The summed E-state index contributed by atoms with van der Waals surface area (Å²) in [4.78, 5) is 11.5. The van der Waals surface area contributed by atoms with E-state index in [1.165, 1.54) is 0 Å². The van der Waals surface area contributed by atoms with Crippen molar-refractivity contribution < 1.29 is 4.79 Å². The molecule has 0 aliphatic carbocycles. The number of carbonyl (C=O) groups excluding carboxylic acids is 1. The number of amides is 2. The summed E-state index contributed by atoms with van der Waals surface area (Å²) in [7, 11) is 0. The van der Waals surface area contributed by atoms with Crippen LogP contribution in [0.4, 0.5) is 4.79 Å². The molecule has 17 heavy (non-hydrogen) atoms. The molecule has 1 aromatic rings. The fourth-order valence-corrected chi connectivity index (χ4v) is 1.99. The second-order valence-corrected chi connectivity index (χ2v) is 4.63. The van der Waals surface area contributed by atoms with Crippen LogP contribution in [0.2, 0.25) is 10.0 Å². The maximum Gasteiger partial charge on any atom is 0.315 e. The minimum atomic E-state index is -0.189. The predicted octanol–water partition coefficient (Wildman–Crippen LogP) is 3.76. The summed E-state index contributed by atoms with van der Waals surface area (Å²) >= 11 is 11.9. The lowest BCUT2D eigenvalue weighted by atomic mass is 10.1. The van der Waals surface area contributed by atoms with Crippen LogP contribution in [-0.4, -0.2) is 12.6 Å². The average Bonchev–Trinajstić information content (AvgIpc) is 2.26. The van der Waals surface area contributed by atoms with E-state index in [9.17, 15) is 4.79 Å². The molecule has 0 radical (unpaired) electrons. The maximum atomic E-state index is 11.5. The Bertz CT molecular complexity index is 396. The van der Waals surface area contributed by atoms with Gasteiger partial charge in [0, 0.05) is 16.6 Å². The van der Waals surface area contributed by atoms with E-state index >= 15 is 0 Å². The molecule has 2 N–H and O–H groups in total. The number of carbonyl (C=O) groups is 1. The lowest BCUT2D eigenvalue weighted by Gasteiger charge is -2.16. The van der Waals surface area contributed by atoms with Crippen LogP contribution in [0.5, 0.6) is 0 Å². The van der Waals surface area contributed by atoms with Crippen molar-refractivity contribution in [3.8, 4) is 0 Å². The van der Waals surface area contributed by atoms with Crippen LogP contribution < -0.4 is 10.6 Å². The molecular formula is C12H16Cl2N2O. The summed E-state index contributed by atoms with van der Waals surface area (Å²) < 4.78 is 0. The third-order valence-electron chi connectivity index (χ3n) is 2.31. The number of nitrogens with one attached hydrogen (secondary N) is 2. The van der Waals surface area contributed by atoms with E-state index in [1.54, 1.807) is 12.1 Å². The molecule has 0 fully saturated rings. The molecule has 0 saturated heterocycles. The summed E-state index contributed by atoms with van der Waals surface area (Å²) in [5.41, 5.74) is 0.850. The second kappa shape index (κ2) is 6.72. The van der Waals surface area contributed by atoms with Gasteiger partial charge in [0.1, 0.15) is 0 Å². The van der Waals surface area contributed by atoms with Crippen LogP contribution in [0, 0.1) is 0 Å². The van der Waals surface area contributed by atoms with E-state index in [-0.39, 0.29) is 12.1 Å². The first-order valence-corrected chi connectivity index (χ1v) is 6.29. The summed E-state index contributed by atoms with van der Waals surface area (Å²) in [5.74, 6) is 0. The molecule has 0 heterocycles. The normalized spacial score (nSPS) is 12.0. The van der Waals surface area contributed by atoms with Crippen LogP contribution in [-0.2, 0) is 0 Å². The molecule has 0 saturated carbocycles. The van der Waals surface area contributed by atoms with E-state index in [1.807, 2.05) is 19.9 Å². The van der Waals surface area contributed by atoms with Crippen molar-refractivity contribution in [3.05, 3.63) is 33.8 Å². The Kier molecular flexibility index (Phi) is 5.59. The largest absolute Gasteiger partial charge is 0.338 e. The van der Waals surface area contributed by atoms with E-state index in [0.717, 1.165) is 12.0 Å². The lowest BCUT2D eigenvalue weighted by molar-refractivity contribution is 0.238. The molecule has 5 heteroatoms. The number of hydrogen-bond donors (Lipinski definition) is 2. The molecule has 1 atom stereocenters. The summed E-state index contributed by atoms with van der Waals surface area (Å²) in [5, 5.41) is 6.70. The van der Waals surface area contributed by atoms with Gasteiger partial charge in [0.15, 0.2) is 0 Å². The highest BCUT2D eigenvalue weighted by atomic mass is 35.5. The highest BCUT2D eigenvalue weighted by Crippen LogP contribution is 2.25. The van der Waals surface area contributed by atoms with Gasteiger partial charge in [0.05, 0.1) is 6.04 Å². The van der Waals surface area contributed by atoms with Crippen molar-refractivity contribution in [2.45, 2.75) is 26.3 Å². The van der Waals surface area contributed by atoms with Crippen LogP contribution in [0.15, 0.2) is 18.2 Å². The third-order valence-corrected chi connectivity index (χ3v) is 2.87. The number of halogens is 2. The Morgan fingerprint density at radius 3 is 2.71 bits per heavy atom. The molecule has 94 valence electrons. The van der Waals surface area contributed by atoms with Gasteiger partial charge in [-0.05, 0) is 31.0 Å². The molecular weight excluding hydrogens is 259 g/mol. The van der Waals surface area contributed by atoms with Gasteiger partial charge in [0.25, 0.3) is 0 Å². The van der Waals surface area contributed by atoms with E-state index < -0.39 is 0 Å². The summed E-state index contributed by atoms with van der Waals surface area (Å²) in [6.07, 6.45) is 0.906. The fourth-order valence-electron chi connectivity index (χ4n) is 1.42. The van der Waals surface area contributed by atoms with Crippen molar-refractivity contribution in [2.75, 3.05) is 6.54 Å². The van der Waals surface area contributed by atoms with Crippen molar-refractivity contribution in [1.82, 2.24) is 10.6 Å². The number of benzene rings is 1. The molecule has 0 aliphatic rings. The SMILES string of the molecule is CCCNC(=O)N[C@@H](C)c1ccc(Cl)cc1Cl. The van der Waals surface area contributed by atoms with Crippen molar-refractivity contribution >= 4 is 29.2 Å². The first-order chi connectivity index (χ1) is 8.04.